The third-order valence-corrected chi connectivity index (χ3v) is 5.84. The smallest absolute Gasteiger partial charge is 0.182 e. The fourth-order valence-corrected chi connectivity index (χ4v) is 4.43. The Labute approximate surface area is 153 Å². The van der Waals surface area contributed by atoms with Gasteiger partial charge in [-0.1, -0.05) is 23.7 Å². The van der Waals surface area contributed by atoms with E-state index in [0.717, 1.165) is 36.2 Å². The van der Waals surface area contributed by atoms with E-state index >= 15 is 0 Å². The minimum Gasteiger partial charge on any atom is -0.383 e. The second kappa shape index (κ2) is 7.44. The van der Waals surface area contributed by atoms with Gasteiger partial charge in [-0.25, -0.2) is 9.67 Å². The molecule has 2 fully saturated rings. The predicted molar refractivity (Wildman–Crippen MR) is 98.9 cm³/mol. The van der Waals surface area contributed by atoms with Crippen LogP contribution in [0.25, 0.3) is 11.4 Å². The van der Waals surface area contributed by atoms with Gasteiger partial charge >= 0.3 is 0 Å². The molecule has 2 aromatic rings. The van der Waals surface area contributed by atoms with E-state index in [1.165, 1.54) is 32.4 Å². The summed E-state index contributed by atoms with van der Waals surface area (Å²) in [5.41, 5.74) is 0.903. The second-order valence-electron chi connectivity index (χ2n) is 7.04. The van der Waals surface area contributed by atoms with Gasteiger partial charge < -0.3 is 9.64 Å². The SMILES string of the molecule is COCCn1nc(-c2ccccc2Cl)nc1C1CCN2CCCC2C1. The van der Waals surface area contributed by atoms with Crippen LogP contribution in [0, 0.1) is 0 Å². The Bertz CT molecular complexity index is 732. The number of aromatic nitrogens is 3. The van der Waals surface area contributed by atoms with Gasteiger partial charge in [-0.05, 0) is 50.9 Å². The largest absolute Gasteiger partial charge is 0.383 e. The summed E-state index contributed by atoms with van der Waals surface area (Å²) in [7, 11) is 1.72. The number of hydrogen-bond donors (Lipinski definition) is 0. The summed E-state index contributed by atoms with van der Waals surface area (Å²) in [5, 5.41) is 5.46. The summed E-state index contributed by atoms with van der Waals surface area (Å²) in [6, 6.07) is 8.51. The Balaban J connectivity index is 1.64. The highest BCUT2D eigenvalue weighted by atomic mass is 35.5. The van der Waals surface area contributed by atoms with Crippen molar-refractivity contribution in [3.8, 4) is 11.4 Å². The lowest BCUT2D eigenvalue weighted by molar-refractivity contribution is 0.166. The fraction of sp³-hybridized carbons (Fsp3) is 0.579. The molecule has 2 unspecified atom stereocenters. The summed E-state index contributed by atoms with van der Waals surface area (Å²) in [5.74, 6) is 2.30. The summed E-state index contributed by atoms with van der Waals surface area (Å²) >= 11 is 6.36. The van der Waals surface area contributed by atoms with E-state index in [-0.39, 0.29) is 0 Å². The van der Waals surface area contributed by atoms with Crippen LogP contribution in [-0.2, 0) is 11.3 Å². The van der Waals surface area contributed by atoms with Crippen LogP contribution >= 0.6 is 11.6 Å². The summed E-state index contributed by atoms with van der Waals surface area (Å²) in [6.45, 7) is 3.81. The fourth-order valence-electron chi connectivity index (χ4n) is 4.21. The topological polar surface area (TPSA) is 43.2 Å². The maximum atomic E-state index is 6.36. The molecule has 0 saturated carbocycles. The molecule has 134 valence electrons. The number of piperidine rings is 1. The molecule has 1 aromatic carbocycles. The molecule has 4 rings (SSSR count). The number of ether oxygens (including phenoxy) is 1. The van der Waals surface area contributed by atoms with Crippen LogP contribution in [0.3, 0.4) is 0 Å². The average Bonchev–Trinajstić information content (AvgIpc) is 3.26. The first-order chi connectivity index (χ1) is 12.3. The minimum atomic E-state index is 0.472. The molecule has 2 aliphatic rings. The van der Waals surface area contributed by atoms with Crippen LogP contribution in [0.4, 0.5) is 0 Å². The number of nitrogens with zero attached hydrogens (tertiary/aromatic N) is 4. The van der Waals surface area contributed by atoms with Gasteiger partial charge in [0.15, 0.2) is 5.82 Å². The molecule has 0 bridgehead atoms. The molecule has 1 aromatic heterocycles. The number of fused-ring (bicyclic) bond motifs is 1. The molecule has 0 amide bonds. The maximum absolute atomic E-state index is 6.36. The normalized spacial score (nSPS) is 23.8. The predicted octanol–water partition coefficient (Wildman–Crippen LogP) is 3.59. The zero-order valence-corrected chi connectivity index (χ0v) is 15.5. The van der Waals surface area contributed by atoms with Gasteiger partial charge in [-0.3, -0.25) is 0 Å². The lowest BCUT2D eigenvalue weighted by Gasteiger charge is -2.34. The van der Waals surface area contributed by atoms with Crippen LogP contribution < -0.4 is 0 Å². The number of hydrogen-bond acceptors (Lipinski definition) is 4. The number of halogens is 1. The van der Waals surface area contributed by atoms with Crippen molar-refractivity contribution in [2.75, 3.05) is 26.8 Å². The van der Waals surface area contributed by atoms with Crippen LogP contribution in [0.1, 0.15) is 37.4 Å². The van der Waals surface area contributed by atoms with Crippen molar-refractivity contribution in [3.63, 3.8) is 0 Å². The monoisotopic (exact) mass is 360 g/mol. The minimum absolute atomic E-state index is 0.472. The molecule has 0 spiro atoms. The first kappa shape index (κ1) is 17.0. The first-order valence-corrected chi connectivity index (χ1v) is 9.56. The zero-order valence-electron chi connectivity index (χ0n) is 14.7. The highest BCUT2D eigenvalue weighted by Gasteiger charge is 2.34. The lowest BCUT2D eigenvalue weighted by Crippen LogP contribution is -2.37. The molecule has 25 heavy (non-hydrogen) atoms. The van der Waals surface area contributed by atoms with Gasteiger partial charge in [0.25, 0.3) is 0 Å². The summed E-state index contributed by atoms with van der Waals surface area (Å²) in [6.07, 6.45) is 5.00. The Morgan fingerprint density at radius 2 is 2.12 bits per heavy atom. The molecule has 5 nitrogen and oxygen atoms in total. The molecule has 3 heterocycles. The zero-order chi connectivity index (χ0) is 17.2. The molecule has 0 N–H and O–H groups in total. The maximum Gasteiger partial charge on any atom is 0.182 e. The number of methoxy groups -OCH3 is 1. The van der Waals surface area contributed by atoms with Crippen molar-refractivity contribution in [3.05, 3.63) is 35.1 Å². The van der Waals surface area contributed by atoms with Crippen molar-refractivity contribution >= 4 is 11.6 Å². The van der Waals surface area contributed by atoms with E-state index in [0.29, 0.717) is 17.5 Å². The van der Waals surface area contributed by atoms with Gasteiger partial charge in [-0.2, -0.15) is 5.10 Å². The standard InChI is InChI=1S/C19H25ClN4O/c1-25-12-11-24-19(14-8-10-23-9-4-5-15(23)13-14)21-18(22-24)16-6-2-3-7-17(16)20/h2-3,6-7,14-15H,4-5,8-13H2,1H3. The molecular formula is C19H25ClN4O. The summed E-state index contributed by atoms with van der Waals surface area (Å²) in [4.78, 5) is 7.57. The van der Waals surface area contributed by atoms with Crippen molar-refractivity contribution < 1.29 is 4.74 Å². The van der Waals surface area contributed by atoms with Gasteiger partial charge in [0.1, 0.15) is 5.82 Å². The molecule has 0 radical (unpaired) electrons. The molecule has 2 atom stereocenters. The molecule has 2 saturated heterocycles. The van der Waals surface area contributed by atoms with Gasteiger partial charge in [0.2, 0.25) is 0 Å². The van der Waals surface area contributed by atoms with E-state index in [4.69, 9.17) is 26.4 Å². The Hall–Kier alpha value is -1.43. The van der Waals surface area contributed by atoms with Crippen molar-refractivity contribution in [1.29, 1.82) is 0 Å². The van der Waals surface area contributed by atoms with Crippen LogP contribution in [0.5, 0.6) is 0 Å². The van der Waals surface area contributed by atoms with Gasteiger partial charge in [-0.15, -0.1) is 0 Å². The molecule has 0 aliphatic carbocycles. The van der Waals surface area contributed by atoms with E-state index in [1.807, 2.05) is 28.9 Å². The molecule has 2 aliphatic heterocycles. The van der Waals surface area contributed by atoms with E-state index in [1.54, 1.807) is 7.11 Å². The van der Waals surface area contributed by atoms with Gasteiger partial charge in [0.05, 0.1) is 18.2 Å². The molecular weight excluding hydrogens is 336 g/mol. The highest BCUT2D eigenvalue weighted by Crippen LogP contribution is 2.36. The first-order valence-electron chi connectivity index (χ1n) is 9.19. The Morgan fingerprint density at radius 1 is 1.24 bits per heavy atom. The van der Waals surface area contributed by atoms with E-state index in [9.17, 15) is 0 Å². The summed E-state index contributed by atoms with van der Waals surface area (Å²) < 4.78 is 7.31. The van der Waals surface area contributed by atoms with E-state index < -0.39 is 0 Å². The van der Waals surface area contributed by atoms with E-state index in [2.05, 4.69) is 4.90 Å². The van der Waals surface area contributed by atoms with Crippen LogP contribution in [0.2, 0.25) is 5.02 Å². The lowest BCUT2D eigenvalue weighted by atomic mass is 9.90. The quantitative estimate of drug-likeness (QED) is 0.817. The Morgan fingerprint density at radius 3 is 2.96 bits per heavy atom. The average molecular weight is 361 g/mol. The Kier molecular flexibility index (Phi) is 5.06. The highest BCUT2D eigenvalue weighted by molar-refractivity contribution is 6.33. The van der Waals surface area contributed by atoms with Crippen LogP contribution in [-0.4, -0.2) is 52.5 Å². The number of rotatable bonds is 5. The van der Waals surface area contributed by atoms with Crippen molar-refractivity contribution in [2.45, 2.75) is 44.2 Å². The third kappa shape index (κ3) is 3.46. The van der Waals surface area contributed by atoms with Crippen LogP contribution in [0.15, 0.2) is 24.3 Å². The van der Waals surface area contributed by atoms with Crippen molar-refractivity contribution in [1.82, 2.24) is 19.7 Å². The van der Waals surface area contributed by atoms with Crippen molar-refractivity contribution in [2.24, 2.45) is 0 Å². The van der Waals surface area contributed by atoms with Gasteiger partial charge in [0, 0.05) is 24.6 Å². The molecule has 6 heteroatoms. The number of benzene rings is 1. The second-order valence-corrected chi connectivity index (χ2v) is 7.45. The third-order valence-electron chi connectivity index (χ3n) is 5.51.